The van der Waals surface area contributed by atoms with Crippen molar-refractivity contribution in [1.82, 2.24) is 0 Å². The molecule has 54 valence electrons. The minimum absolute atomic E-state index is 0.468. The molecule has 2 nitrogen and oxygen atoms in total. The van der Waals surface area contributed by atoms with Crippen molar-refractivity contribution in [3.8, 4) is 0 Å². The van der Waals surface area contributed by atoms with Crippen LogP contribution in [0, 0.1) is 0 Å². The van der Waals surface area contributed by atoms with Gasteiger partial charge in [-0.05, 0) is 23.9 Å². The molecule has 0 bridgehead atoms. The van der Waals surface area contributed by atoms with Crippen LogP contribution in [0.2, 0.25) is 0 Å². The second-order valence-electron chi connectivity index (χ2n) is 2.08. The summed E-state index contributed by atoms with van der Waals surface area (Å²) < 4.78 is 0. The molecule has 0 unspecified atom stereocenters. The first-order valence-electron chi connectivity index (χ1n) is 2.95. The second kappa shape index (κ2) is 2.94. The highest BCUT2D eigenvalue weighted by molar-refractivity contribution is 7.11. The molecule has 1 N–H and O–H groups in total. The Morgan fingerprint density at radius 3 is 2.80 bits per heavy atom. The van der Waals surface area contributed by atoms with Gasteiger partial charge in [0.1, 0.15) is 0 Å². The standard InChI is InChI=1S/C7H8O2S/c1-5(9)6-2-7(3-8)10-4-6/h2-5,9H,1H3/t5-/m1/s1. The Hall–Kier alpha value is -0.670. The maximum atomic E-state index is 10.2. The fourth-order valence-electron chi connectivity index (χ4n) is 0.649. The van der Waals surface area contributed by atoms with E-state index in [1.807, 2.05) is 0 Å². The highest BCUT2D eigenvalue weighted by atomic mass is 32.1. The van der Waals surface area contributed by atoms with E-state index in [-0.39, 0.29) is 0 Å². The molecule has 0 saturated heterocycles. The van der Waals surface area contributed by atoms with Gasteiger partial charge >= 0.3 is 0 Å². The fourth-order valence-corrected chi connectivity index (χ4v) is 1.45. The van der Waals surface area contributed by atoms with Gasteiger partial charge in [-0.15, -0.1) is 11.3 Å². The summed E-state index contributed by atoms with van der Waals surface area (Å²) in [6, 6.07) is 1.70. The molecule has 1 aromatic rings. The molecule has 0 aliphatic rings. The lowest BCUT2D eigenvalue weighted by molar-refractivity contribution is 0.112. The third-order valence-corrected chi connectivity index (χ3v) is 2.11. The zero-order chi connectivity index (χ0) is 7.56. The van der Waals surface area contributed by atoms with Crippen LogP contribution in [-0.4, -0.2) is 11.4 Å². The van der Waals surface area contributed by atoms with Crippen LogP contribution in [0.25, 0.3) is 0 Å². The van der Waals surface area contributed by atoms with Crippen LogP contribution >= 0.6 is 11.3 Å². The molecule has 1 aromatic heterocycles. The third kappa shape index (κ3) is 1.43. The topological polar surface area (TPSA) is 37.3 Å². The molecule has 0 amide bonds. The first-order valence-corrected chi connectivity index (χ1v) is 3.83. The Morgan fingerprint density at radius 2 is 2.50 bits per heavy atom. The van der Waals surface area contributed by atoms with Crippen molar-refractivity contribution in [3.63, 3.8) is 0 Å². The highest BCUT2D eigenvalue weighted by Crippen LogP contribution is 2.18. The van der Waals surface area contributed by atoms with Crippen LogP contribution in [0.15, 0.2) is 11.4 Å². The Bertz CT molecular complexity index is 227. The van der Waals surface area contributed by atoms with Crippen LogP contribution in [0.3, 0.4) is 0 Å². The van der Waals surface area contributed by atoms with Gasteiger partial charge in [-0.25, -0.2) is 0 Å². The molecule has 0 fully saturated rings. The maximum absolute atomic E-state index is 10.2. The van der Waals surface area contributed by atoms with Crippen LogP contribution in [0.5, 0.6) is 0 Å². The van der Waals surface area contributed by atoms with E-state index >= 15 is 0 Å². The van der Waals surface area contributed by atoms with Crippen molar-refractivity contribution in [3.05, 3.63) is 21.9 Å². The van der Waals surface area contributed by atoms with E-state index in [1.165, 1.54) is 11.3 Å². The summed E-state index contributed by atoms with van der Waals surface area (Å²) in [6.45, 7) is 1.68. The summed E-state index contributed by atoms with van der Waals surface area (Å²) in [7, 11) is 0. The molecule has 3 heteroatoms. The van der Waals surface area contributed by atoms with Crippen LogP contribution in [0.1, 0.15) is 28.3 Å². The summed E-state index contributed by atoms with van der Waals surface area (Å²) >= 11 is 1.35. The second-order valence-corrected chi connectivity index (χ2v) is 3.02. The Morgan fingerprint density at radius 1 is 1.80 bits per heavy atom. The molecular weight excluding hydrogens is 148 g/mol. The van der Waals surface area contributed by atoms with Crippen LogP contribution in [-0.2, 0) is 0 Å². The highest BCUT2D eigenvalue weighted by Gasteiger charge is 2.02. The van der Waals surface area contributed by atoms with Crippen molar-refractivity contribution in [1.29, 1.82) is 0 Å². The molecule has 1 rings (SSSR count). The molecule has 0 saturated carbocycles. The largest absolute Gasteiger partial charge is 0.389 e. The summed E-state index contributed by atoms with van der Waals surface area (Å²) in [5.41, 5.74) is 0.812. The molecule has 0 aliphatic carbocycles. The number of thiophene rings is 1. The Labute approximate surface area is 63.1 Å². The first kappa shape index (κ1) is 7.44. The summed E-state index contributed by atoms with van der Waals surface area (Å²) in [6.07, 6.45) is 0.321. The van der Waals surface area contributed by atoms with E-state index in [9.17, 15) is 4.79 Å². The first-order chi connectivity index (χ1) is 4.74. The molecule has 0 radical (unpaired) electrons. The molecule has 0 spiro atoms. The number of aldehydes is 1. The molecule has 1 heterocycles. The zero-order valence-electron chi connectivity index (χ0n) is 5.57. The smallest absolute Gasteiger partial charge is 0.160 e. The number of hydrogen-bond donors (Lipinski definition) is 1. The van der Waals surface area contributed by atoms with Gasteiger partial charge in [0, 0.05) is 0 Å². The van der Waals surface area contributed by atoms with Gasteiger partial charge in [-0.1, -0.05) is 0 Å². The fraction of sp³-hybridized carbons (Fsp3) is 0.286. The van der Waals surface area contributed by atoms with E-state index in [1.54, 1.807) is 18.4 Å². The number of aliphatic hydroxyl groups excluding tert-OH is 1. The Kier molecular flexibility index (Phi) is 2.19. The van der Waals surface area contributed by atoms with E-state index in [2.05, 4.69) is 0 Å². The zero-order valence-corrected chi connectivity index (χ0v) is 6.39. The number of carbonyl (C=O) groups excluding carboxylic acids is 1. The van der Waals surface area contributed by atoms with Gasteiger partial charge in [-0.2, -0.15) is 0 Å². The SMILES string of the molecule is C[C@@H](O)c1csc(C=O)c1. The van der Waals surface area contributed by atoms with Gasteiger partial charge in [-0.3, -0.25) is 4.79 Å². The molecule has 10 heavy (non-hydrogen) atoms. The predicted octanol–water partition coefficient (Wildman–Crippen LogP) is 1.61. The number of hydrogen-bond acceptors (Lipinski definition) is 3. The van der Waals surface area contributed by atoms with E-state index < -0.39 is 6.10 Å². The lowest BCUT2D eigenvalue weighted by Gasteiger charge is -1.96. The Balaban J connectivity index is 2.88. The summed E-state index contributed by atoms with van der Waals surface area (Å²) in [5, 5.41) is 10.8. The minimum Gasteiger partial charge on any atom is -0.389 e. The summed E-state index contributed by atoms with van der Waals surface area (Å²) in [4.78, 5) is 10.8. The molecule has 0 aliphatic heterocycles. The lowest BCUT2D eigenvalue weighted by Crippen LogP contribution is -1.85. The van der Waals surface area contributed by atoms with Gasteiger partial charge in [0.15, 0.2) is 6.29 Å². The van der Waals surface area contributed by atoms with Crippen molar-refractivity contribution < 1.29 is 9.90 Å². The number of rotatable bonds is 2. The quantitative estimate of drug-likeness (QED) is 0.660. The summed E-state index contributed by atoms with van der Waals surface area (Å²) in [5.74, 6) is 0. The monoisotopic (exact) mass is 156 g/mol. The van der Waals surface area contributed by atoms with E-state index in [0.717, 1.165) is 11.8 Å². The molecular formula is C7H8O2S. The van der Waals surface area contributed by atoms with Crippen molar-refractivity contribution in [2.75, 3.05) is 0 Å². The van der Waals surface area contributed by atoms with Crippen molar-refractivity contribution in [2.24, 2.45) is 0 Å². The van der Waals surface area contributed by atoms with Gasteiger partial charge in [0.25, 0.3) is 0 Å². The minimum atomic E-state index is -0.468. The average Bonchev–Trinajstić information content (AvgIpc) is 2.34. The predicted molar refractivity (Wildman–Crippen MR) is 40.3 cm³/mol. The lowest BCUT2D eigenvalue weighted by atomic mass is 10.2. The number of aliphatic hydroxyl groups is 1. The molecule has 1 atom stereocenters. The van der Waals surface area contributed by atoms with Crippen molar-refractivity contribution in [2.45, 2.75) is 13.0 Å². The van der Waals surface area contributed by atoms with Gasteiger partial charge in [0.05, 0.1) is 11.0 Å². The molecule has 0 aromatic carbocycles. The van der Waals surface area contributed by atoms with E-state index in [4.69, 9.17) is 5.11 Å². The van der Waals surface area contributed by atoms with E-state index in [0.29, 0.717) is 4.88 Å². The van der Waals surface area contributed by atoms with Gasteiger partial charge in [0.2, 0.25) is 0 Å². The van der Waals surface area contributed by atoms with Crippen LogP contribution < -0.4 is 0 Å². The van der Waals surface area contributed by atoms with Crippen LogP contribution in [0.4, 0.5) is 0 Å². The maximum Gasteiger partial charge on any atom is 0.160 e. The van der Waals surface area contributed by atoms with Crippen molar-refractivity contribution >= 4 is 17.6 Å². The third-order valence-electron chi connectivity index (χ3n) is 1.24. The van der Waals surface area contributed by atoms with Gasteiger partial charge < -0.3 is 5.11 Å². The average molecular weight is 156 g/mol. The number of carbonyl (C=O) groups is 1. The normalized spacial score (nSPS) is 13.0.